The van der Waals surface area contributed by atoms with Crippen molar-refractivity contribution in [1.29, 1.82) is 0 Å². The van der Waals surface area contributed by atoms with Gasteiger partial charge in [0.2, 0.25) is 0 Å². The van der Waals surface area contributed by atoms with Gasteiger partial charge in [0.15, 0.2) is 0 Å². The van der Waals surface area contributed by atoms with Gasteiger partial charge in [-0.2, -0.15) is 0 Å². The average Bonchev–Trinajstić information content (AvgIpc) is 3.14. The number of nitrogens with one attached hydrogen (secondary N) is 1. The minimum atomic E-state index is 0.226. The molecular formula is C16H22N2O2. The first-order chi connectivity index (χ1) is 9.63. The molecule has 2 aromatic rings. The number of fused-ring (bicyclic) bond motifs is 1. The van der Waals surface area contributed by atoms with Crippen molar-refractivity contribution in [2.24, 2.45) is 5.73 Å². The highest BCUT2D eigenvalue weighted by Crippen LogP contribution is 2.30. The van der Waals surface area contributed by atoms with E-state index >= 15 is 0 Å². The van der Waals surface area contributed by atoms with Crippen molar-refractivity contribution in [2.45, 2.75) is 38.8 Å². The lowest BCUT2D eigenvalue weighted by Crippen LogP contribution is -2.15. The van der Waals surface area contributed by atoms with Crippen LogP contribution in [-0.2, 0) is 11.2 Å². The number of epoxide rings is 1. The zero-order valence-corrected chi connectivity index (χ0v) is 12.1. The molecule has 0 bridgehead atoms. The number of rotatable bonds is 6. The first-order valence-corrected chi connectivity index (χ1v) is 7.24. The van der Waals surface area contributed by atoms with E-state index in [0.29, 0.717) is 6.61 Å². The zero-order chi connectivity index (χ0) is 14.1. The van der Waals surface area contributed by atoms with Crippen molar-refractivity contribution >= 4 is 10.9 Å². The lowest BCUT2D eigenvalue weighted by Gasteiger charge is -2.10. The van der Waals surface area contributed by atoms with E-state index < -0.39 is 0 Å². The van der Waals surface area contributed by atoms with Crippen LogP contribution in [-0.4, -0.2) is 30.3 Å². The fourth-order valence-electron chi connectivity index (χ4n) is 2.45. The van der Waals surface area contributed by atoms with Crippen molar-refractivity contribution < 1.29 is 9.47 Å². The number of nitrogens with two attached hydrogens (primary N) is 1. The van der Waals surface area contributed by atoms with Gasteiger partial charge in [0.05, 0.1) is 12.1 Å². The number of ether oxygens (including phenoxy) is 2. The van der Waals surface area contributed by atoms with Crippen molar-refractivity contribution in [3.63, 3.8) is 0 Å². The lowest BCUT2D eigenvalue weighted by atomic mass is 10.0. The fourth-order valence-corrected chi connectivity index (χ4v) is 2.45. The summed E-state index contributed by atoms with van der Waals surface area (Å²) in [4.78, 5) is 3.44. The third kappa shape index (κ3) is 2.97. The Morgan fingerprint density at radius 3 is 3.00 bits per heavy atom. The Balaban J connectivity index is 1.87. The molecule has 1 aromatic carbocycles. The normalized spacial score (nSPS) is 19.2. The van der Waals surface area contributed by atoms with Crippen molar-refractivity contribution in [3.05, 3.63) is 29.5 Å². The summed E-state index contributed by atoms with van der Waals surface area (Å²) in [7, 11) is 0. The molecule has 1 aromatic heterocycles. The van der Waals surface area contributed by atoms with Gasteiger partial charge in [0, 0.05) is 17.1 Å². The fraction of sp³-hybridized carbons (Fsp3) is 0.500. The second-order valence-electron chi connectivity index (χ2n) is 5.75. The van der Waals surface area contributed by atoms with Gasteiger partial charge in [-0.15, -0.1) is 0 Å². The number of hydrogen-bond donors (Lipinski definition) is 2. The maximum absolute atomic E-state index is 5.87. The van der Waals surface area contributed by atoms with E-state index in [9.17, 15) is 0 Å². The highest BCUT2D eigenvalue weighted by molar-refractivity contribution is 5.89. The van der Waals surface area contributed by atoms with Crippen LogP contribution in [0.3, 0.4) is 0 Å². The number of aryl methyl sites for hydroxylation is 2. The molecule has 4 heteroatoms. The predicted octanol–water partition coefficient (Wildman–Crippen LogP) is 2.53. The molecule has 1 aliphatic rings. The lowest BCUT2D eigenvalue weighted by molar-refractivity contribution is 0.265. The van der Waals surface area contributed by atoms with Gasteiger partial charge in [-0.3, -0.25) is 0 Å². The molecule has 20 heavy (non-hydrogen) atoms. The third-order valence-electron chi connectivity index (χ3n) is 3.67. The molecule has 1 aliphatic heterocycles. The summed E-state index contributed by atoms with van der Waals surface area (Å²) in [5.74, 6) is 0.935. The quantitative estimate of drug-likeness (QED) is 0.796. The molecule has 3 N–H and O–H groups in total. The maximum Gasteiger partial charge on any atom is 0.128 e. The highest BCUT2D eigenvalue weighted by atomic mass is 16.6. The van der Waals surface area contributed by atoms with Crippen LogP contribution >= 0.6 is 0 Å². The predicted molar refractivity (Wildman–Crippen MR) is 80.2 cm³/mol. The minimum absolute atomic E-state index is 0.226. The topological polar surface area (TPSA) is 63.6 Å². The monoisotopic (exact) mass is 274 g/mol. The van der Waals surface area contributed by atoms with Crippen molar-refractivity contribution in [3.8, 4) is 5.75 Å². The van der Waals surface area contributed by atoms with Gasteiger partial charge in [-0.25, -0.2) is 0 Å². The Hall–Kier alpha value is -1.52. The summed E-state index contributed by atoms with van der Waals surface area (Å²) in [5, 5.41) is 1.16. The van der Waals surface area contributed by atoms with Crippen molar-refractivity contribution in [2.75, 3.05) is 13.2 Å². The summed E-state index contributed by atoms with van der Waals surface area (Å²) in [6, 6.07) is 6.58. The van der Waals surface area contributed by atoms with Gasteiger partial charge >= 0.3 is 0 Å². The number of H-pyrrole nitrogens is 1. The van der Waals surface area contributed by atoms with Gasteiger partial charge in [0.1, 0.15) is 18.5 Å². The summed E-state index contributed by atoms with van der Waals surface area (Å²) in [6.45, 7) is 5.58. The van der Waals surface area contributed by atoms with Crippen LogP contribution in [0.4, 0.5) is 0 Å². The van der Waals surface area contributed by atoms with E-state index in [2.05, 4.69) is 30.1 Å². The van der Waals surface area contributed by atoms with Gasteiger partial charge < -0.3 is 20.2 Å². The second kappa shape index (κ2) is 5.46. The molecule has 4 nitrogen and oxygen atoms in total. The number of aromatic nitrogens is 1. The Morgan fingerprint density at radius 1 is 1.50 bits per heavy atom. The standard InChI is InChI=1S/C16H22N2O2/c1-10(17)3-4-12-5-6-15(20-9-13-8-19-13)14-7-11(2)18-16(12)14/h5-7,10,13,18H,3-4,8-9,17H2,1-2H3. The van der Waals surface area contributed by atoms with Gasteiger partial charge in [-0.1, -0.05) is 6.07 Å². The summed E-state index contributed by atoms with van der Waals surface area (Å²) in [5.41, 5.74) is 9.50. The minimum Gasteiger partial charge on any atom is -0.490 e. The van der Waals surface area contributed by atoms with Crippen LogP contribution in [0, 0.1) is 6.92 Å². The molecule has 0 aliphatic carbocycles. The average molecular weight is 274 g/mol. The first kappa shape index (κ1) is 13.5. The molecule has 1 fully saturated rings. The second-order valence-corrected chi connectivity index (χ2v) is 5.75. The molecule has 2 heterocycles. The van der Waals surface area contributed by atoms with E-state index in [1.54, 1.807) is 0 Å². The van der Waals surface area contributed by atoms with E-state index in [-0.39, 0.29) is 12.1 Å². The molecule has 2 unspecified atom stereocenters. The number of benzene rings is 1. The first-order valence-electron chi connectivity index (χ1n) is 7.24. The molecular weight excluding hydrogens is 252 g/mol. The maximum atomic E-state index is 5.87. The molecule has 0 spiro atoms. The Kier molecular flexibility index (Phi) is 3.68. The van der Waals surface area contributed by atoms with E-state index in [1.807, 2.05) is 6.92 Å². The molecule has 1 saturated heterocycles. The third-order valence-corrected chi connectivity index (χ3v) is 3.67. The van der Waals surface area contributed by atoms with Crippen LogP contribution in [0.2, 0.25) is 0 Å². The van der Waals surface area contributed by atoms with Crippen LogP contribution in [0.5, 0.6) is 5.75 Å². The molecule has 0 saturated carbocycles. The highest BCUT2D eigenvalue weighted by Gasteiger charge is 2.23. The largest absolute Gasteiger partial charge is 0.490 e. The SMILES string of the molecule is Cc1cc2c(OCC3CO3)ccc(CCC(C)N)c2[nH]1. The summed E-state index contributed by atoms with van der Waals surface area (Å²) < 4.78 is 11.1. The molecule has 3 rings (SSSR count). The Labute approximate surface area is 119 Å². The van der Waals surface area contributed by atoms with E-state index in [1.165, 1.54) is 11.1 Å². The van der Waals surface area contributed by atoms with Crippen molar-refractivity contribution in [1.82, 2.24) is 4.98 Å². The number of aromatic amines is 1. The molecule has 108 valence electrons. The van der Waals surface area contributed by atoms with E-state index in [0.717, 1.165) is 36.3 Å². The van der Waals surface area contributed by atoms with Crippen LogP contribution in [0.1, 0.15) is 24.6 Å². The molecule has 2 atom stereocenters. The zero-order valence-electron chi connectivity index (χ0n) is 12.1. The Morgan fingerprint density at radius 2 is 2.30 bits per heavy atom. The summed E-state index contributed by atoms with van der Waals surface area (Å²) in [6.07, 6.45) is 2.26. The van der Waals surface area contributed by atoms with E-state index in [4.69, 9.17) is 15.2 Å². The van der Waals surface area contributed by atoms with Crippen LogP contribution in [0.15, 0.2) is 18.2 Å². The smallest absolute Gasteiger partial charge is 0.128 e. The van der Waals surface area contributed by atoms with Gasteiger partial charge in [0.25, 0.3) is 0 Å². The molecule has 0 radical (unpaired) electrons. The Bertz CT molecular complexity index is 557. The van der Waals surface area contributed by atoms with Crippen LogP contribution in [0.25, 0.3) is 10.9 Å². The van der Waals surface area contributed by atoms with Crippen LogP contribution < -0.4 is 10.5 Å². The molecule has 0 amide bonds. The number of hydrogen-bond acceptors (Lipinski definition) is 3. The summed E-state index contributed by atoms with van der Waals surface area (Å²) >= 11 is 0. The van der Waals surface area contributed by atoms with Gasteiger partial charge in [-0.05, 0) is 44.4 Å².